The number of nitrogens with two attached hydrogens (primary N) is 1. The van der Waals surface area contributed by atoms with Crippen LogP contribution in [0.15, 0.2) is 16.9 Å². The number of nitrogens with one attached hydrogen (secondary N) is 1. The number of piperidine rings is 1. The highest BCUT2D eigenvalue weighted by Crippen LogP contribution is 2.20. The molecule has 0 aliphatic carbocycles. The summed E-state index contributed by atoms with van der Waals surface area (Å²) >= 11 is 0. The van der Waals surface area contributed by atoms with Gasteiger partial charge in [0, 0.05) is 19.1 Å². The summed E-state index contributed by atoms with van der Waals surface area (Å²) in [5, 5.41) is 10.5. The molecule has 2 unspecified atom stereocenters. The van der Waals surface area contributed by atoms with Crippen LogP contribution in [0.1, 0.15) is 13.3 Å². The lowest BCUT2D eigenvalue weighted by molar-refractivity contribution is 0.399. The zero-order chi connectivity index (χ0) is 12.7. The van der Waals surface area contributed by atoms with Gasteiger partial charge in [-0.3, -0.25) is 0 Å². The Labute approximate surface area is 104 Å². The van der Waals surface area contributed by atoms with E-state index in [1.807, 2.05) is 6.07 Å². The molecule has 96 valence electrons. The summed E-state index contributed by atoms with van der Waals surface area (Å²) in [6.07, 6.45) is 1.03. The molecule has 3 rings (SSSR count). The number of fused-ring (bicyclic) bond motifs is 1. The number of aromatic amines is 1. The molecular weight excluding hydrogens is 232 g/mol. The number of rotatable bonds is 1. The third-order valence-electron chi connectivity index (χ3n) is 3.28. The van der Waals surface area contributed by atoms with Crippen LogP contribution in [0.25, 0.3) is 5.65 Å². The van der Waals surface area contributed by atoms with Crippen LogP contribution in [0.2, 0.25) is 0 Å². The smallest absolute Gasteiger partial charge is 0.353 e. The van der Waals surface area contributed by atoms with Crippen molar-refractivity contribution in [1.29, 1.82) is 0 Å². The topological polar surface area (TPSA) is 92.3 Å². The Bertz CT molecular complexity index is 607. The summed E-state index contributed by atoms with van der Waals surface area (Å²) in [6, 6.07) is 3.82. The number of H-pyrrole nitrogens is 1. The normalized spacial score (nSPS) is 24.7. The molecule has 1 saturated heterocycles. The summed E-state index contributed by atoms with van der Waals surface area (Å²) in [4.78, 5) is 13.6. The number of nitrogens with zero attached hydrogens (tertiary/aromatic N) is 4. The third-order valence-corrected chi connectivity index (χ3v) is 3.28. The molecule has 0 saturated carbocycles. The van der Waals surface area contributed by atoms with Gasteiger partial charge in [-0.1, -0.05) is 6.92 Å². The lowest BCUT2D eigenvalue weighted by atomic mass is 9.97. The van der Waals surface area contributed by atoms with Gasteiger partial charge < -0.3 is 10.6 Å². The highest BCUT2D eigenvalue weighted by Gasteiger charge is 2.23. The van der Waals surface area contributed by atoms with Crippen LogP contribution in [0.5, 0.6) is 0 Å². The van der Waals surface area contributed by atoms with E-state index < -0.39 is 0 Å². The van der Waals surface area contributed by atoms with Gasteiger partial charge in [0.05, 0.1) is 0 Å². The van der Waals surface area contributed by atoms with Crippen molar-refractivity contribution in [2.75, 3.05) is 18.0 Å². The largest absolute Gasteiger partial charge is 0.364 e. The lowest BCUT2D eigenvalue weighted by Gasteiger charge is -2.35. The Hall–Kier alpha value is -1.89. The monoisotopic (exact) mass is 248 g/mol. The fourth-order valence-electron chi connectivity index (χ4n) is 2.55. The van der Waals surface area contributed by atoms with Crippen LogP contribution in [-0.2, 0) is 0 Å². The van der Waals surface area contributed by atoms with Crippen molar-refractivity contribution >= 4 is 11.5 Å². The van der Waals surface area contributed by atoms with Crippen LogP contribution in [-0.4, -0.2) is 38.9 Å². The summed E-state index contributed by atoms with van der Waals surface area (Å²) in [7, 11) is 0. The van der Waals surface area contributed by atoms with Crippen molar-refractivity contribution in [3.63, 3.8) is 0 Å². The fraction of sp³-hybridized carbons (Fsp3) is 0.545. The Balaban J connectivity index is 1.98. The minimum atomic E-state index is -0.318. The van der Waals surface area contributed by atoms with Gasteiger partial charge in [0.2, 0.25) is 0 Å². The summed E-state index contributed by atoms with van der Waals surface area (Å²) in [6.45, 7) is 3.86. The van der Waals surface area contributed by atoms with Crippen LogP contribution < -0.4 is 16.3 Å². The minimum Gasteiger partial charge on any atom is -0.353 e. The van der Waals surface area contributed by atoms with Gasteiger partial charge in [-0.25, -0.2) is 9.89 Å². The summed E-state index contributed by atoms with van der Waals surface area (Å²) < 4.78 is 1.28. The number of anilines is 1. The number of aromatic nitrogens is 4. The van der Waals surface area contributed by atoms with Crippen molar-refractivity contribution in [2.45, 2.75) is 19.4 Å². The molecule has 18 heavy (non-hydrogen) atoms. The molecule has 1 aliphatic heterocycles. The van der Waals surface area contributed by atoms with E-state index in [1.165, 1.54) is 4.52 Å². The molecule has 2 atom stereocenters. The molecule has 7 heteroatoms. The molecule has 0 spiro atoms. The van der Waals surface area contributed by atoms with Crippen molar-refractivity contribution in [1.82, 2.24) is 19.8 Å². The van der Waals surface area contributed by atoms with E-state index in [-0.39, 0.29) is 11.7 Å². The molecule has 3 heterocycles. The molecule has 2 aromatic heterocycles. The first kappa shape index (κ1) is 11.2. The first-order chi connectivity index (χ1) is 8.63. The van der Waals surface area contributed by atoms with Crippen LogP contribution >= 0.6 is 0 Å². The van der Waals surface area contributed by atoms with Crippen molar-refractivity contribution in [2.24, 2.45) is 11.7 Å². The predicted molar refractivity (Wildman–Crippen MR) is 67.6 cm³/mol. The molecule has 1 fully saturated rings. The molecule has 7 nitrogen and oxygen atoms in total. The zero-order valence-corrected chi connectivity index (χ0v) is 10.2. The molecule has 0 bridgehead atoms. The molecule has 0 aromatic carbocycles. The van der Waals surface area contributed by atoms with E-state index in [0.29, 0.717) is 11.6 Å². The molecule has 0 radical (unpaired) electrons. The van der Waals surface area contributed by atoms with Gasteiger partial charge in [0.25, 0.3) is 0 Å². The Morgan fingerprint density at radius 3 is 3.06 bits per heavy atom. The predicted octanol–water partition coefficient (Wildman–Crippen LogP) is -0.409. The molecular formula is C11H16N6O. The van der Waals surface area contributed by atoms with Crippen LogP contribution in [0.4, 0.5) is 5.82 Å². The third kappa shape index (κ3) is 1.86. The standard InChI is InChI=1S/C11H16N6O/c1-7-4-8(12)6-16(5-7)10-3-2-9-13-14-11(18)17(9)15-10/h2-3,7-8H,4-6,12H2,1H3,(H,14,18). The van der Waals surface area contributed by atoms with E-state index in [1.54, 1.807) is 6.07 Å². The van der Waals surface area contributed by atoms with Crippen LogP contribution in [0.3, 0.4) is 0 Å². The lowest BCUT2D eigenvalue weighted by Crippen LogP contribution is -2.46. The Morgan fingerprint density at radius 2 is 2.28 bits per heavy atom. The fourth-order valence-corrected chi connectivity index (χ4v) is 2.55. The quantitative estimate of drug-likeness (QED) is 0.716. The summed E-state index contributed by atoms with van der Waals surface area (Å²) in [5.41, 5.74) is 6.23. The van der Waals surface area contributed by atoms with E-state index in [0.717, 1.165) is 25.3 Å². The number of hydrogen-bond donors (Lipinski definition) is 2. The Morgan fingerprint density at radius 1 is 1.44 bits per heavy atom. The maximum atomic E-state index is 11.5. The van der Waals surface area contributed by atoms with Gasteiger partial charge >= 0.3 is 5.69 Å². The average Bonchev–Trinajstić information content (AvgIpc) is 2.69. The second-order valence-electron chi connectivity index (χ2n) is 5.00. The van der Waals surface area contributed by atoms with E-state index in [9.17, 15) is 4.79 Å². The first-order valence-electron chi connectivity index (χ1n) is 6.08. The maximum absolute atomic E-state index is 11.5. The van der Waals surface area contributed by atoms with Crippen molar-refractivity contribution in [3.8, 4) is 0 Å². The first-order valence-corrected chi connectivity index (χ1v) is 6.08. The van der Waals surface area contributed by atoms with Gasteiger partial charge in [0.15, 0.2) is 5.65 Å². The molecule has 2 aromatic rings. The van der Waals surface area contributed by atoms with E-state index >= 15 is 0 Å². The zero-order valence-electron chi connectivity index (χ0n) is 10.2. The van der Waals surface area contributed by atoms with Crippen molar-refractivity contribution in [3.05, 3.63) is 22.6 Å². The number of hydrogen-bond acceptors (Lipinski definition) is 5. The van der Waals surface area contributed by atoms with Gasteiger partial charge in [-0.05, 0) is 24.5 Å². The van der Waals surface area contributed by atoms with Gasteiger partial charge in [0.1, 0.15) is 5.82 Å². The van der Waals surface area contributed by atoms with Crippen molar-refractivity contribution < 1.29 is 0 Å². The summed E-state index contributed by atoms with van der Waals surface area (Å²) in [5.74, 6) is 1.31. The van der Waals surface area contributed by atoms with Crippen LogP contribution in [0, 0.1) is 5.92 Å². The van der Waals surface area contributed by atoms with Gasteiger partial charge in [-0.15, -0.1) is 5.10 Å². The second kappa shape index (κ2) is 4.09. The average molecular weight is 248 g/mol. The Kier molecular flexibility index (Phi) is 2.55. The molecule has 0 amide bonds. The highest BCUT2D eigenvalue weighted by atomic mass is 16.2. The minimum absolute atomic E-state index is 0.160. The van der Waals surface area contributed by atoms with E-state index in [2.05, 4.69) is 27.1 Å². The second-order valence-corrected chi connectivity index (χ2v) is 5.00. The SMILES string of the molecule is CC1CC(N)CN(c2ccc3n[nH]c(=O)n3n2)C1. The molecule has 3 N–H and O–H groups in total. The van der Waals surface area contributed by atoms with Gasteiger partial charge in [-0.2, -0.15) is 9.61 Å². The van der Waals surface area contributed by atoms with E-state index in [4.69, 9.17) is 5.73 Å². The molecule has 1 aliphatic rings. The maximum Gasteiger partial charge on any atom is 0.364 e. The highest BCUT2D eigenvalue weighted by molar-refractivity contribution is 5.45.